The van der Waals surface area contributed by atoms with Crippen molar-refractivity contribution >= 4 is 46.2 Å². The van der Waals surface area contributed by atoms with Gasteiger partial charge in [0.05, 0.1) is 16.2 Å². The molecule has 4 rings (SSSR count). The van der Waals surface area contributed by atoms with E-state index in [1.807, 2.05) is 0 Å². The quantitative estimate of drug-likeness (QED) is 0.443. The van der Waals surface area contributed by atoms with Crippen LogP contribution in [-0.2, 0) is 11.3 Å². The lowest BCUT2D eigenvalue weighted by Gasteiger charge is -2.24. The molecule has 0 saturated carbocycles. The second kappa shape index (κ2) is 9.70. The van der Waals surface area contributed by atoms with Gasteiger partial charge in [-0.2, -0.15) is 0 Å². The Morgan fingerprint density at radius 2 is 1.94 bits per heavy atom. The standard InChI is InChI=1S/C23H24ClFN6O3/c1-27-14-9-19(21(32)28-10-13-5-4-7-16(24)20(13)25)31(11-14)23(34)29-17-12-30(22(26)33)18-8-3-2-6-15(17)18/h2-8,12,14,19,27H,9-11H2,1H3,(H2,26,33)(H,28,32)(H,29,34)/t14-,19-/m0/s1. The summed E-state index contributed by atoms with van der Waals surface area (Å²) in [4.78, 5) is 39.4. The van der Waals surface area contributed by atoms with Crippen LogP contribution in [0.25, 0.3) is 10.9 Å². The van der Waals surface area contributed by atoms with E-state index in [0.29, 0.717) is 29.6 Å². The number of amides is 4. The van der Waals surface area contributed by atoms with E-state index in [-0.39, 0.29) is 23.2 Å². The van der Waals surface area contributed by atoms with Crippen LogP contribution in [-0.4, -0.2) is 53.1 Å². The van der Waals surface area contributed by atoms with Gasteiger partial charge in [0.2, 0.25) is 5.91 Å². The van der Waals surface area contributed by atoms with E-state index >= 15 is 0 Å². The summed E-state index contributed by atoms with van der Waals surface area (Å²) >= 11 is 5.81. The molecule has 1 aliphatic heterocycles. The Kier molecular flexibility index (Phi) is 6.71. The van der Waals surface area contributed by atoms with Gasteiger partial charge < -0.3 is 26.6 Å². The molecule has 0 spiro atoms. The largest absolute Gasteiger partial charge is 0.351 e. The van der Waals surface area contributed by atoms with Crippen molar-refractivity contribution in [1.82, 2.24) is 20.1 Å². The summed E-state index contributed by atoms with van der Waals surface area (Å²) in [6.07, 6.45) is 1.84. The maximum Gasteiger partial charge on any atom is 0.323 e. The number of nitrogens with one attached hydrogen (secondary N) is 3. The third-order valence-electron chi connectivity index (χ3n) is 5.95. The number of rotatable bonds is 5. The molecule has 1 aliphatic rings. The predicted molar refractivity (Wildman–Crippen MR) is 127 cm³/mol. The fourth-order valence-electron chi connectivity index (χ4n) is 4.15. The third kappa shape index (κ3) is 4.55. The first-order valence-electron chi connectivity index (χ1n) is 10.7. The molecule has 4 amide bonds. The van der Waals surface area contributed by atoms with Crippen LogP contribution in [0.15, 0.2) is 48.7 Å². The summed E-state index contributed by atoms with van der Waals surface area (Å²) in [6, 6.07) is 9.52. The molecule has 0 bridgehead atoms. The summed E-state index contributed by atoms with van der Waals surface area (Å²) in [5.74, 6) is -1.00. The molecule has 9 nitrogen and oxygen atoms in total. The number of carbonyl (C=O) groups excluding carboxylic acids is 3. The number of likely N-dealkylation sites (tertiary alicyclic amines) is 1. The predicted octanol–water partition coefficient (Wildman–Crippen LogP) is 2.87. The van der Waals surface area contributed by atoms with Gasteiger partial charge in [-0.1, -0.05) is 41.9 Å². The lowest BCUT2D eigenvalue weighted by atomic mass is 10.1. The highest BCUT2D eigenvalue weighted by Crippen LogP contribution is 2.27. The van der Waals surface area contributed by atoms with E-state index in [0.717, 1.165) is 0 Å². The SMILES string of the molecule is CN[C@H]1C[C@@H](C(=O)NCc2cccc(Cl)c2F)N(C(=O)Nc2cn(C(N)=O)c3ccccc23)C1. The number of nitrogens with zero attached hydrogens (tertiary/aromatic N) is 2. The summed E-state index contributed by atoms with van der Waals surface area (Å²) in [6.45, 7) is 0.230. The van der Waals surface area contributed by atoms with E-state index in [1.165, 1.54) is 27.8 Å². The fourth-order valence-corrected chi connectivity index (χ4v) is 4.35. The average Bonchev–Trinajstić information content (AvgIpc) is 3.42. The number of carbonyl (C=O) groups is 3. The maximum absolute atomic E-state index is 14.2. The number of urea groups is 1. The zero-order chi connectivity index (χ0) is 24.4. The van der Waals surface area contributed by atoms with E-state index in [9.17, 15) is 18.8 Å². The lowest BCUT2D eigenvalue weighted by molar-refractivity contribution is -0.124. The molecule has 11 heteroatoms. The van der Waals surface area contributed by atoms with Crippen LogP contribution in [0.5, 0.6) is 0 Å². The fraction of sp³-hybridized carbons (Fsp3) is 0.261. The number of hydrogen-bond acceptors (Lipinski definition) is 4. The Morgan fingerprint density at radius 3 is 2.68 bits per heavy atom. The first-order chi connectivity index (χ1) is 16.3. The van der Waals surface area contributed by atoms with Crippen molar-refractivity contribution in [3.63, 3.8) is 0 Å². The molecule has 34 heavy (non-hydrogen) atoms. The van der Waals surface area contributed by atoms with E-state index in [1.54, 1.807) is 37.4 Å². The minimum Gasteiger partial charge on any atom is -0.351 e. The van der Waals surface area contributed by atoms with Crippen molar-refractivity contribution in [2.75, 3.05) is 18.9 Å². The van der Waals surface area contributed by atoms with Crippen molar-refractivity contribution < 1.29 is 18.8 Å². The minimum atomic E-state index is -0.774. The Labute approximate surface area is 200 Å². The average molecular weight is 487 g/mol. The van der Waals surface area contributed by atoms with Gasteiger partial charge >= 0.3 is 12.1 Å². The van der Waals surface area contributed by atoms with Gasteiger partial charge in [-0.25, -0.2) is 14.0 Å². The molecule has 1 aromatic heterocycles. The normalized spacial score (nSPS) is 17.7. The number of para-hydroxylation sites is 1. The minimum absolute atomic E-state index is 0.0287. The number of hydrogen-bond donors (Lipinski definition) is 4. The first-order valence-corrected chi connectivity index (χ1v) is 11.0. The van der Waals surface area contributed by atoms with Crippen LogP contribution in [0.1, 0.15) is 12.0 Å². The first kappa shape index (κ1) is 23.5. The van der Waals surface area contributed by atoms with Gasteiger partial charge in [-0.05, 0) is 25.6 Å². The van der Waals surface area contributed by atoms with Crippen LogP contribution in [0.4, 0.5) is 19.7 Å². The molecule has 0 aliphatic carbocycles. The smallest absolute Gasteiger partial charge is 0.323 e. The molecule has 2 aromatic carbocycles. The zero-order valence-corrected chi connectivity index (χ0v) is 19.1. The van der Waals surface area contributed by atoms with Gasteiger partial charge in [-0.3, -0.25) is 9.36 Å². The number of nitrogens with two attached hydrogens (primary N) is 1. The Hall–Kier alpha value is -3.63. The molecule has 3 aromatic rings. The van der Waals surface area contributed by atoms with Gasteiger partial charge in [0.1, 0.15) is 11.9 Å². The summed E-state index contributed by atoms with van der Waals surface area (Å²) in [5.41, 5.74) is 6.65. The molecule has 1 saturated heterocycles. The maximum atomic E-state index is 14.2. The van der Waals surface area contributed by atoms with Crippen molar-refractivity contribution in [2.24, 2.45) is 5.73 Å². The molecule has 178 valence electrons. The molecule has 2 atom stereocenters. The number of halogens is 2. The monoisotopic (exact) mass is 486 g/mol. The third-order valence-corrected chi connectivity index (χ3v) is 6.24. The number of fused-ring (bicyclic) bond motifs is 1. The number of benzene rings is 2. The lowest BCUT2D eigenvalue weighted by Crippen LogP contribution is -2.47. The Morgan fingerprint density at radius 1 is 1.18 bits per heavy atom. The van der Waals surface area contributed by atoms with Gasteiger partial charge in [-0.15, -0.1) is 0 Å². The summed E-state index contributed by atoms with van der Waals surface area (Å²) in [5, 5.41) is 9.19. The second-order valence-corrected chi connectivity index (χ2v) is 8.43. The number of anilines is 1. The second-order valence-electron chi connectivity index (χ2n) is 8.02. The zero-order valence-electron chi connectivity index (χ0n) is 18.3. The topological polar surface area (TPSA) is 121 Å². The molecule has 5 N–H and O–H groups in total. The van der Waals surface area contributed by atoms with E-state index < -0.39 is 29.8 Å². The Balaban J connectivity index is 1.52. The van der Waals surface area contributed by atoms with Crippen LogP contribution in [0, 0.1) is 5.82 Å². The van der Waals surface area contributed by atoms with Gasteiger partial charge in [0.15, 0.2) is 0 Å². The van der Waals surface area contributed by atoms with Crippen molar-refractivity contribution in [2.45, 2.75) is 25.0 Å². The molecule has 2 heterocycles. The Bertz CT molecular complexity index is 1260. The van der Waals surface area contributed by atoms with Crippen molar-refractivity contribution in [1.29, 1.82) is 0 Å². The molecular weight excluding hydrogens is 463 g/mol. The van der Waals surface area contributed by atoms with Gasteiger partial charge in [0, 0.05) is 36.3 Å². The van der Waals surface area contributed by atoms with Crippen LogP contribution in [0.2, 0.25) is 5.02 Å². The highest BCUT2D eigenvalue weighted by atomic mass is 35.5. The molecule has 1 fully saturated rings. The van der Waals surface area contributed by atoms with E-state index in [2.05, 4.69) is 16.0 Å². The molecule has 0 radical (unpaired) electrons. The summed E-state index contributed by atoms with van der Waals surface area (Å²) in [7, 11) is 1.75. The number of aromatic nitrogens is 1. The van der Waals surface area contributed by atoms with Gasteiger partial charge in [0.25, 0.3) is 0 Å². The molecular formula is C23H24ClFN6O3. The molecule has 0 unspecified atom stereocenters. The number of primary amides is 1. The van der Waals surface area contributed by atoms with Crippen molar-refractivity contribution in [3.05, 3.63) is 65.1 Å². The van der Waals surface area contributed by atoms with Crippen molar-refractivity contribution in [3.8, 4) is 0 Å². The van der Waals surface area contributed by atoms with Crippen LogP contribution in [0.3, 0.4) is 0 Å². The van der Waals surface area contributed by atoms with E-state index in [4.69, 9.17) is 17.3 Å². The summed E-state index contributed by atoms with van der Waals surface area (Å²) < 4.78 is 15.4. The highest BCUT2D eigenvalue weighted by molar-refractivity contribution is 6.30. The van der Waals surface area contributed by atoms with Crippen LogP contribution >= 0.6 is 11.6 Å². The van der Waals surface area contributed by atoms with Crippen LogP contribution < -0.4 is 21.7 Å². The number of likely N-dealkylation sites (N-methyl/N-ethyl adjacent to an activating group) is 1. The highest BCUT2D eigenvalue weighted by Gasteiger charge is 2.39.